The Morgan fingerprint density at radius 2 is 0.954 bits per heavy atom. The number of hydrogen-bond donors (Lipinski definition) is 1. The maximum Gasteiger partial charge on any atom is 0.341 e. The fraction of sp³-hybridized carbons (Fsp3) is 0.280. The van der Waals surface area contributed by atoms with E-state index in [9.17, 15) is 19.2 Å². The van der Waals surface area contributed by atoms with E-state index in [-0.39, 0.29) is 23.4 Å². The molecule has 1 N–H and O–H groups in total. The number of hydrogen-bond acceptors (Lipinski definition) is 13. The Morgan fingerprint density at radius 3 is 1.43 bits per heavy atom. The second-order valence-corrected chi connectivity index (χ2v) is 15.0. The summed E-state index contributed by atoms with van der Waals surface area (Å²) in [6.07, 6.45) is 13.6. The number of rotatable bonds is 22. The number of benzene rings is 4. The molecule has 0 fully saturated rings. The monoisotopic (exact) mass is 899 g/mol. The molecular formula is C50H54ClN7O7. The molecule has 0 saturated heterocycles. The predicted octanol–water partition coefficient (Wildman–Crippen LogP) is 10.7. The van der Waals surface area contributed by atoms with Crippen LogP contribution in [0.25, 0.3) is 0 Å². The van der Waals surface area contributed by atoms with Gasteiger partial charge in [0.25, 0.3) is 5.91 Å². The van der Waals surface area contributed by atoms with Crippen molar-refractivity contribution in [2.45, 2.75) is 64.2 Å². The summed E-state index contributed by atoms with van der Waals surface area (Å²) >= 11 is 6.19. The van der Waals surface area contributed by atoms with Gasteiger partial charge < -0.3 is 19.5 Å². The summed E-state index contributed by atoms with van der Waals surface area (Å²) < 4.78 is 14.5. The van der Waals surface area contributed by atoms with E-state index >= 15 is 0 Å². The van der Waals surface area contributed by atoms with Crippen LogP contribution in [0, 0.1) is 0 Å². The number of amides is 1. The second-order valence-electron chi connectivity index (χ2n) is 14.6. The van der Waals surface area contributed by atoms with Gasteiger partial charge in [0.2, 0.25) is 11.9 Å². The topological polar surface area (TPSA) is 166 Å². The quantitative estimate of drug-likeness (QED) is 0.0389. The summed E-state index contributed by atoms with van der Waals surface area (Å²) in [6, 6.07) is 36.8. The van der Waals surface area contributed by atoms with E-state index in [0.717, 1.165) is 74.1 Å². The van der Waals surface area contributed by atoms with E-state index in [4.69, 9.17) is 16.3 Å². The largest absolute Gasteiger partial charge is 0.469 e. The van der Waals surface area contributed by atoms with E-state index in [0.29, 0.717) is 48.5 Å². The molecule has 0 atom stereocenters. The highest BCUT2D eigenvalue weighted by atomic mass is 35.5. The van der Waals surface area contributed by atoms with E-state index in [2.05, 4.69) is 34.7 Å². The molecule has 0 radical (unpaired) electrons. The zero-order valence-corrected chi connectivity index (χ0v) is 37.4. The van der Waals surface area contributed by atoms with Gasteiger partial charge in [0.1, 0.15) is 0 Å². The zero-order valence-electron chi connectivity index (χ0n) is 36.7. The molecule has 0 bridgehead atoms. The van der Waals surface area contributed by atoms with E-state index in [1.165, 1.54) is 26.6 Å². The zero-order chi connectivity index (χ0) is 46.1. The van der Waals surface area contributed by atoms with Crippen molar-refractivity contribution < 1.29 is 33.4 Å². The van der Waals surface area contributed by atoms with Crippen LogP contribution < -0.4 is 15.1 Å². The summed E-state index contributed by atoms with van der Waals surface area (Å²) in [4.78, 5) is 68.4. The maximum atomic E-state index is 12.4. The van der Waals surface area contributed by atoms with Crippen LogP contribution in [0.15, 0.2) is 140 Å². The highest BCUT2D eigenvalue weighted by Gasteiger charge is 2.18. The first-order valence-corrected chi connectivity index (χ1v) is 21.9. The van der Waals surface area contributed by atoms with Crippen LogP contribution >= 0.6 is 11.6 Å². The van der Waals surface area contributed by atoms with Gasteiger partial charge in [-0.2, -0.15) is 0 Å². The van der Waals surface area contributed by atoms with Crippen LogP contribution in [0.4, 0.5) is 34.6 Å². The van der Waals surface area contributed by atoms with Gasteiger partial charge in [-0.3, -0.25) is 24.2 Å². The number of ether oxygens (including phenoxy) is 3. The molecule has 0 unspecified atom stereocenters. The Balaban J connectivity index is 0.000000244. The Morgan fingerprint density at radius 1 is 0.523 bits per heavy atom. The Bertz CT molecular complexity index is 2320. The van der Waals surface area contributed by atoms with Crippen LogP contribution in [0.1, 0.15) is 84.9 Å². The number of aromatic nitrogens is 4. The van der Waals surface area contributed by atoms with Crippen LogP contribution in [0.3, 0.4) is 0 Å². The number of halogens is 1. The minimum Gasteiger partial charge on any atom is -0.469 e. The fourth-order valence-electron chi connectivity index (χ4n) is 6.43. The van der Waals surface area contributed by atoms with E-state index in [1.807, 2.05) is 119 Å². The maximum absolute atomic E-state index is 12.4. The lowest BCUT2D eigenvalue weighted by Gasteiger charge is -2.23. The molecule has 0 saturated carbocycles. The fourth-order valence-corrected chi connectivity index (χ4v) is 6.62. The van der Waals surface area contributed by atoms with Gasteiger partial charge in [0.05, 0.1) is 37.6 Å². The van der Waals surface area contributed by atoms with Crippen molar-refractivity contribution in [1.82, 2.24) is 25.3 Å². The molecule has 2 aromatic heterocycles. The van der Waals surface area contributed by atoms with Crippen molar-refractivity contribution >= 4 is 70.1 Å². The Kier molecular flexibility index (Phi) is 20.4. The van der Waals surface area contributed by atoms with Gasteiger partial charge in [-0.05, 0) is 80.3 Å². The number of methoxy groups -OCH3 is 2. The Labute approximate surface area is 385 Å². The number of nitrogens with one attached hydrogen (secondary N) is 1. The highest BCUT2D eigenvalue weighted by molar-refractivity contribution is 6.30. The van der Waals surface area contributed by atoms with Crippen molar-refractivity contribution in [3.05, 3.63) is 156 Å². The summed E-state index contributed by atoms with van der Waals surface area (Å²) in [7, 11) is 2.78. The van der Waals surface area contributed by atoms with Crippen LogP contribution in [-0.4, -0.2) is 71.1 Å². The number of anilines is 6. The molecule has 2 heterocycles. The minimum absolute atomic E-state index is 0.181. The first-order chi connectivity index (χ1) is 31.8. The smallest absolute Gasteiger partial charge is 0.341 e. The first kappa shape index (κ1) is 48.8. The van der Waals surface area contributed by atoms with Gasteiger partial charge in [0.15, 0.2) is 0 Å². The van der Waals surface area contributed by atoms with Gasteiger partial charge in [-0.1, -0.05) is 97.9 Å². The molecule has 0 aliphatic heterocycles. The van der Waals surface area contributed by atoms with E-state index in [1.54, 1.807) is 18.5 Å². The predicted molar refractivity (Wildman–Crippen MR) is 251 cm³/mol. The van der Waals surface area contributed by atoms with Gasteiger partial charge >= 0.3 is 17.9 Å². The van der Waals surface area contributed by atoms with Crippen LogP contribution in [-0.2, 0) is 23.8 Å². The third kappa shape index (κ3) is 16.1. The second kappa shape index (κ2) is 27.1. The molecule has 1 amide bonds. The molecule has 14 nitrogen and oxygen atoms in total. The first-order valence-electron chi connectivity index (χ1n) is 21.5. The number of carbonyl (C=O) groups excluding carboxylic acids is 4. The lowest BCUT2D eigenvalue weighted by molar-refractivity contribution is -0.141. The van der Waals surface area contributed by atoms with Crippen LogP contribution in [0.5, 0.6) is 0 Å². The SMILES string of the molecule is COC(=O)CCCCCCNC(=O)c1cnc(N(c2ccccc2)c2ccccc2)nc1.COC(=O)CCCCCCOC(=O)c1cnc(N(c2ccccc2)c2cccc(Cl)c2)nc1. The summed E-state index contributed by atoms with van der Waals surface area (Å²) in [6.45, 7) is 0.871. The molecule has 65 heavy (non-hydrogen) atoms. The molecule has 0 spiro atoms. The van der Waals surface area contributed by atoms with Crippen molar-refractivity contribution in [1.29, 1.82) is 0 Å². The minimum atomic E-state index is -0.467. The Hall–Kier alpha value is -7.19. The third-order valence-corrected chi connectivity index (χ3v) is 10.1. The molecule has 6 rings (SSSR count). The van der Waals surface area contributed by atoms with Crippen molar-refractivity contribution in [3.8, 4) is 0 Å². The molecule has 0 aliphatic carbocycles. The number of nitrogens with zero attached hydrogens (tertiary/aromatic N) is 6. The number of para-hydroxylation sites is 3. The van der Waals surface area contributed by atoms with Crippen molar-refractivity contribution in [3.63, 3.8) is 0 Å². The third-order valence-electron chi connectivity index (χ3n) is 9.84. The normalized spacial score (nSPS) is 10.4. The highest BCUT2D eigenvalue weighted by Crippen LogP contribution is 2.33. The molecule has 338 valence electrons. The lowest BCUT2D eigenvalue weighted by atomic mass is 10.1. The van der Waals surface area contributed by atoms with Crippen molar-refractivity contribution in [2.24, 2.45) is 0 Å². The number of carbonyl (C=O) groups is 4. The molecule has 4 aromatic carbocycles. The molecule has 0 aliphatic rings. The van der Waals surface area contributed by atoms with Gasteiger partial charge in [-0.25, -0.2) is 24.7 Å². The average Bonchev–Trinajstić information content (AvgIpc) is 3.35. The van der Waals surface area contributed by atoms with Gasteiger partial charge in [0, 0.05) is 66.3 Å². The molecular weight excluding hydrogens is 846 g/mol. The summed E-state index contributed by atoms with van der Waals surface area (Å²) in [5, 5.41) is 3.49. The summed E-state index contributed by atoms with van der Waals surface area (Å²) in [5.41, 5.74) is 4.23. The van der Waals surface area contributed by atoms with Crippen LogP contribution in [0.2, 0.25) is 5.02 Å². The number of esters is 3. The van der Waals surface area contributed by atoms with E-state index < -0.39 is 5.97 Å². The molecule has 15 heteroatoms. The van der Waals surface area contributed by atoms with Gasteiger partial charge in [-0.15, -0.1) is 0 Å². The number of unbranched alkanes of at least 4 members (excludes halogenated alkanes) is 6. The summed E-state index contributed by atoms with van der Waals surface area (Å²) in [5.74, 6) is -0.150. The molecule has 6 aromatic rings. The lowest BCUT2D eigenvalue weighted by Crippen LogP contribution is -2.25. The van der Waals surface area contributed by atoms with Crippen molar-refractivity contribution in [2.75, 3.05) is 37.2 Å². The standard InChI is InChI=1S/C25H26ClN3O4.C25H28N4O3/c1-32-23(30)14-7-2-3-8-15-33-24(31)19-17-27-25(28-18-19)29(21-11-5-4-6-12-21)22-13-9-10-20(26)16-22;1-32-23(30)16-10-2-3-11-17-26-24(31)20-18-27-25(28-19-20)29(21-12-6-4-7-13-21)22-14-8-5-9-15-22/h4-6,9-13,16-18H,2-3,7-8,14-15H2,1H3;4-9,12-15,18-19H,2-3,10-11,16-17H2,1H3,(H,26,31). The average molecular weight is 900 g/mol.